The lowest BCUT2D eigenvalue weighted by molar-refractivity contribution is 0.393. The van der Waals surface area contributed by atoms with Crippen LogP contribution in [0.25, 0.3) is 16.6 Å². The Balaban J connectivity index is 1.37. The largest absolute Gasteiger partial charge is 0.497 e. The number of hydrogen-bond acceptors (Lipinski definition) is 8. The summed E-state index contributed by atoms with van der Waals surface area (Å²) in [5, 5.41) is 13.2. The number of ether oxygens (including phenoxy) is 2. The normalized spacial score (nSPS) is 15.8. The first-order valence-corrected chi connectivity index (χ1v) is 12.6. The molecule has 0 saturated carbocycles. The fourth-order valence-electron chi connectivity index (χ4n) is 5.04. The van der Waals surface area contributed by atoms with Crippen LogP contribution in [0.1, 0.15) is 30.1 Å². The third kappa shape index (κ3) is 4.44. The third-order valence-corrected chi connectivity index (χ3v) is 6.97. The number of hydrogen-bond donors (Lipinski definition) is 1. The summed E-state index contributed by atoms with van der Waals surface area (Å²) in [6, 6.07) is 10.6. The number of aryl methyl sites for hydroxylation is 1. The van der Waals surface area contributed by atoms with E-state index in [4.69, 9.17) is 19.6 Å². The molecule has 11 heteroatoms. The molecule has 1 unspecified atom stereocenters. The summed E-state index contributed by atoms with van der Waals surface area (Å²) >= 11 is 0. The quantitative estimate of drug-likeness (QED) is 0.345. The van der Waals surface area contributed by atoms with E-state index in [0.29, 0.717) is 35.0 Å². The summed E-state index contributed by atoms with van der Waals surface area (Å²) in [5.41, 5.74) is 2.84. The van der Waals surface area contributed by atoms with Crippen LogP contribution in [0.15, 0.2) is 48.8 Å². The van der Waals surface area contributed by atoms with Gasteiger partial charge in [-0.1, -0.05) is 6.07 Å². The Morgan fingerprint density at radius 3 is 2.66 bits per heavy atom. The van der Waals surface area contributed by atoms with Crippen LogP contribution < -0.4 is 19.7 Å². The Morgan fingerprint density at radius 1 is 1.11 bits per heavy atom. The van der Waals surface area contributed by atoms with E-state index in [9.17, 15) is 4.39 Å². The number of fused-ring (bicyclic) bond motifs is 3. The zero-order valence-electron chi connectivity index (χ0n) is 21.6. The Kier molecular flexibility index (Phi) is 6.18. The number of para-hydroxylation sites is 1. The number of rotatable bonds is 7. The molecule has 0 aliphatic carbocycles. The molecule has 1 saturated heterocycles. The number of nitrogens with zero attached hydrogens (tertiary/aromatic N) is 7. The monoisotopic (exact) mass is 516 g/mol. The van der Waals surface area contributed by atoms with Crippen molar-refractivity contribution in [3.05, 3.63) is 66.0 Å². The van der Waals surface area contributed by atoms with E-state index in [1.54, 1.807) is 24.8 Å². The van der Waals surface area contributed by atoms with Gasteiger partial charge in [0, 0.05) is 50.2 Å². The molecule has 1 aliphatic heterocycles. The first kappa shape index (κ1) is 24.0. The molecular weight excluding hydrogens is 487 g/mol. The van der Waals surface area contributed by atoms with Crippen molar-refractivity contribution in [2.45, 2.75) is 25.3 Å². The fourth-order valence-corrected chi connectivity index (χ4v) is 5.04. The molecule has 6 rings (SSSR count). The molecule has 0 radical (unpaired) electrons. The summed E-state index contributed by atoms with van der Waals surface area (Å²) in [4.78, 5) is 11.9. The van der Waals surface area contributed by atoms with Gasteiger partial charge in [0.15, 0.2) is 11.5 Å². The van der Waals surface area contributed by atoms with Crippen LogP contribution in [0.3, 0.4) is 0 Å². The second kappa shape index (κ2) is 9.81. The van der Waals surface area contributed by atoms with Crippen LogP contribution in [0.2, 0.25) is 0 Å². The summed E-state index contributed by atoms with van der Waals surface area (Å²) in [6.45, 7) is 2.15. The van der Waals surface area contributed by atoms with Gasteiger partial charge < -0.3 is 19.7 Å². The summed E-state index contributed by atoms with van der Waals surface area (Å²) in [7, 11) is 5.14. The molecule has 0 bridgehead atoms. The number of piperidine rings is 1. The Bertz CT molecular complexity index is 1590. The molecule has 4 heterocycles. The van der Waals surface area contributed by atoms with E-state index in [1.165, 1.54) is 6.07 Å². The third-order valence-electron chi connectivity index (χ3n) is 6.97. The zero-order chi connectivity index (χ0) is 26.2. The minimum absolute atomic E-state index is 0.128. The molecule has 2 aromatic carbocycles. The predicted octanol–water partition coefficient (Wildman–Crippen LogP) is 4.16. The Labute approximate surface area is 219 Å². The second-order valence-electron chi connectivity index (χ2n) is 9.51. The fraction of sp³-hybridized carbons (Fsp3) is 0.333. The van der Waals surface area contributed by atoms with Crippen molar-refractivity contribution in [3.63, 3.8) is 0 Å². The van der Waals surface area contributed by atoms with Crippen LogP contribution >= 0.6 is 0 Å². The van der Waals surface area contributed by atoms with Crippen molar-refractivity contribution < 1.29 is 13.9 Å². The van der Waals surface area contributed by atoms with Gasteiger partial charge in [-0.3, -0.25) is 4.68 Å². The van der Waals surface area contributed by atoms with E-state index in [1.807, 2.05) is 48.4 Å². The lowest BCUT2D eigenvalue weighted by Crippen LogP contribution is -2.34. The summed E-state index contributed by atoms with van der Waals surface area (Å²) < 4.78 is 29.2. The van der Waals surface area contributed by atoms with Gasteiger partial charge in [-0.25, -0.2) is 14.4 Å². The highest BCUT2D eigenvalue weighted by molar-refractivity contribution is 5.92. The standard InChI is InChI=1S/C27H29FN8O2/c1-34-16-19(14-30-34)35-9-5-6-18(15-35)25-32-26-22-7-4-8-23(28)24(22)31-27(36(26)33-25)29-13-17-10-20(37-2)12-21(11-17)38-3/h4,7-8,10-12,14,16,18H,5-6,9,13,15H2,1-3H3,(H,29,31). The van der Waals surface area contributed by atoms with Crippen molar-refractivity contribution in [2.75, 3.05) is 37.5 Å². The van der Waals surface area contributed by atoms with Crippen molar-refractivity contribution >= 4 is 28.2 Å². The first-order chi connectivity index (χ1) is 18.5. The molecule has 0 amide bonds. The van der Waals surface area contributed by atoms with Gasteiger partial charge in [0.05, 0.1) is 26.1 Å². The SMILES string of the molecule is COc1cc(CNc2nc3c(F)cccc3c3nc(C4CCCN(c5cnn(C)c5)C4)nn23)cc(OC)c1. The zero-order valence-corrected chi connectivity index (χ0v) is 21.6. The van der Waals surface area contributed by atoms with E-state index >= 15 is 0 Å². The Hall–Kier alpha value is -4.41. The number of aromatic nitrogens is 6. The van der Waals surface area contributed by atoms with Gasteiger partial charge in [0.2, 0.25) is 5.95 Å². The molecule has 1 N–H and O–H groups in total. The topological polar surface area (TPSA) is 94.6 Å². The van der Waals surface area contributed by atoms with Crippen LogP contribution in [0.4, 0.5) is 16.0 Å². The highest BCUT2D eigenvalue weighted by atomic mass is 19.1. The number of benzene rings is 2. The van der Waals surface area contributed by atoms with Crippen molar-refractivity contribution in [1.29, 1.82) is 0 Å². The molecular formula is C27H29FN8O2. The predicted molar refractivity (Wildman–Crippen MR) is 143 cm³/mol. The highest BCUT2D eigenvalue weighted by Crippen LogP contribution is 2.31. The lowest BCUT2D eigenvalue weighted by Gasteiger charge is -2.32. The number of nitrogens with one attached hydrogen (secondary N) is 1. The summed E-state index contributed by atoms with van der Waals surface area (Å²) in [5.74, 6) is 2.23. The van der Waals surface area contributed by atoms with Gasteiger partial charge in [-0.2, -0.15) is 9.61 Å². The van der Waals surface area contributed by atoms with Gasteiger partial charge >= 0.3 is 0 Å². The number of anilines is 2. The van der Waals surface area contributed by atoms with Crippen LogP contribution in [0.5, 0.6) is 11.5 Å². The number of methoxy groups -OCH3 is 2. The van der Waals surface area contributed by atoms with Crippen molar-refractivity contribution in [1.82, 2.24) is 29.4 Å². The molecule has 196 valence electrons. The Morgan fingerprint density at radius 2 is 1.92 bits per heavy atom. The highest BCUT2D eigenvalue weighted by Gasteiger charge is 2.27. The van der Waals surface area contributed by atoms with E-state index < -0.39 is 5.82 Å². The molecule has 10 nitrogen and oxygen atoms in total. The minimum Gasteiger partial charge on any atom is -0.497 e. The maximum atomic E-state index is 14.9. The molecule has 5 aromatic rings. The van der Waals surface area contributed by atoms with Crippen LogP contribution in [-0.2, 0) is 13.6 Å². The van der Waals surface area contributed by atoms with Crippen LogP contribution in [0, 0.1) is 5.82 Å². The minimum atomic E-state index is -0.402. The first-order valence-electron chi connectivity index (χ1n) is 12.6. The van der Waals surface area contributed by atoms with Gasteiger partial charge in [-0.15, -0.1) is 5.10 Å². The maximum absolute atomic E-state index is 14.9. The van der Waals surface area contributed by atoms with Crippen molar-refractivity contribution in [3.8, 4) is 11.5 Å². The molecule has 1 aliphatic rings. The van der Waals surface area contributed by atoms with Gasteiger partial charge in [0.1, 0.15) is 22.8 Å². The average Bonchev–Trinajstić information content (AvgIpc) is 3.59. The van der Waals surface area contributed by atoms with Crippen LogP contribution in [-0.4, -0.2) is 56.7 Å². The molecule has 1 fully saturated rings. The average molecular weight is 517 g/mol. The van der Waals surface area contributed by atoms with Gasteiger partial charge in [0.25, 0.3) is 0 Å². The summed E-state index contributed by atoms with van der Waals surface area (Å²) in [6.07, 6.45) is 5.90. The van der Waals surface area contributed by atoms with E-state index in [-0.39, 0.29) is 11.4 Å². The van der Waals surface area contributed by atoms with Crippen molar-refractivity contribution in [2.24, 2.45) is 7.05 Å². The maximum Gasteiger partial charge on any atom is 0.226 e. The molecule has 38 heavy (non-hydrogen) atoms. The smallest absolute Gasteiger partial charge is 0.226 e. The second-order valence-corrected chi connectivity index (χ2v) is 9.51. The van der Waals surface area contributed by atoms with Gasteiger partial charge in [-0.05, 0) is 42.7 Å². The molecule has 0 spiro atoms. The molecule has 1 atom stereocenters. The molecule has 3 aromatic heterocycles. The van der Waals surface area contributed by atoms with E-state index in [0.717, 1.165) is 43.0 Å². The number of halogens is 1. The lowest BCUT2D eigenvalue weighted by atomic mass is 9.97. The van der Waals surface area contributed by atoms with E-state index in [2.05, 4.69) is 20.3 Å².